The Kier molecular flexibility index (Phi) is 4.87. The van der Waals surface area contributed by atoms with Gasteiger partial charge in [-0.05, 0) is 24.3 Å². The minimum Gasteiger partial charge on any atom is -0.497 e. The maximum atomic E-state index is 5.80. The van der Waals surface area contributed by atoms with E-state index in [1.54, 1.807) is 38.8 Å². The number of rotatable bonds is 5. The van der Waals surface area contributed by atoms with Crippen molar-refractivity contribution in [2.75, 3.05) is 14.2 Å². The van der Waals surface area contributed by atoms with Crippen LogP contribution in [-0.4, -0.2) is 31.3 Å². The van der Waals surface area contributed by atoms with Gasteiger partial charge in [-0.15, -0.1) is 5.10 Å². The second kappa shape index (κ2) is 7.04. The molecule has 0 fully saturated rings. The average Bonchev–Trinajstić information content (AvgIpc) is 2.55. The SMILES string of the molecule is COc1ccc(C=NN=C(N)c2ccccn2)c(OC)c1. The van der Waals surface area contributed by atoms with Crippen molar-refractivity contribution >= 4 is 12.1 Å². The number of amidine groups is 1. The van der Waals surface area contributed by atoms with E-state index in [9.17, 15) is 0 Å². The molecule has 0 amide bonds. The molecule has 1 heterocycles. The van der Waals surface area contributed by atoms with Crippen molar-refractivity contribution in [3.8, 4) is 11.5 Å². The molecule has 1 aromatic heterocycles. The Morgan fingerprint density at radius 3 is 2.71 bits per heavy atom. The topological polar surface area (TPSA) is 82.1 Å². The molecule has 0 saturated heterocycles. The number of aromatic nitrogens is 1. The minimum atomic E-state index is 0.249. The maximum Gasteiger partial charge on any atom is 0.171 e. The van der Waals surface area contributed by atoms with E-state index in [1.165, 1.54) is 0 Å². The number of hydrogen-bond donors (Lipinski definition) is 1. The summed E-state index contributed by atoms with van der Waals surface area (Å²) in [5.41, 5.74) is 7.15. The second-order valence-electron chi connectivity index (χ2n) is 4.05. The Morgan fingerprint density at radius 2 is 2.05 bits per heavy atom. The van der Waals surface area contributed by atoms with Crippen LogP contribution in [0.4, 0.5) is 0 Å². The number of methoxy groups -OCH3 is 2. The summed E-state index contributed by atoms with van der Waals surface area (Å²) in [5.74, 6) is 1.60. The van der Waals surface area contributed by atoms with E-state index in [1.807, 2.05) is 24.3 Å². The fourth-order valence-corrected chi connectivity index (χ4v) is 1.64. The lowest BCUT2D eigenvalue weighted by atomic mass is 10.2. The summed E-state index contributed by atoms with van der Waals surface area (Å²) >= 11 is 0. The van der Waals surface area contributed by atoms with Gasteiger partial charge in [-0.1, -0.05) is 6.07 Å². The fourth-order valence-electron chi connectivity index (χ4n) is 1.64. The van der Waals surface area contributed by atoms with Crippen LogP contribution in [0.3, 0.4) is 0 Å². The Bertz CT molecular complexity index is 654. The fraction of sp³-hybridized carbons (Fsp3) is 0.133. The molecule has 21 heavy (non-hydrogen) atoms. The van der Waals surface area contributed by atoms with Gasteiger partial charge in [-0.3, -0.25) is 4.98 Å². The van der Waals surface area contributed by atoms with E-state index in [2.05, 4.69) is 15.2 Å². The predicted octanol–water partition coefficient (Wildman–Crippen LogP) is 1.84. The monoisotopic (exact) mass is 284 g/mol. The van der Waals surface area contributed by atoms with Crippen LogP contribution >= 0.6 is 0 Å². The van der Waals surface area contributed by atoms with Gasteiger partial charge in [0.05, 0.1) is 20.4 Å². The van der Waals surface area contributed by atoms with E-state index in [0.29, 0.717) is 17.2 Å². The standard InChI is InChI=1S/C15H16N4O2/c1-20-12-7-6-11(14(9-12)21-2)10-18-19-15(16)13-5-3-4-8-17-13/h3-10H,1-2H3,(H2,16,19). The lowest BCUT2D eigenvalue weighted by Crippen LogP contribution is -2.14. The van der Waals surface area contributed by atoms with Crippen LogP contribution in [0, 0.1) is 0 Å². The molecule has 2 aromatic rings. The van der Waals surface area contributed by atoms with Crippen LogP contribution < -0.4 is 15.2 Å². The molecule has 1 aromatic carbocycles. The molecule has 6 nitrogen and oxygen atoms in total. The zero-order chi connectivity index (χ0) is 15.1. The highest BCUT2D eigenvalue weighted by Crippen LogP contribution is 2.23. The van der Waals surface area contributed by atoms with Crippen molar-refractivity contribution in [2.24, 2.45) is 15.9 Å². The molecule has 6 heteroatoms. The van der Waals surface area contributed by atoms with Gasteiger partial charge in [0.2, 0.25) is 0 Å². The molecule has 0 aliphatic rings. The molecule has 108 valence electrons. The number of ether oxygens (including phenoxy) is 2. The third-order valence-corrected chi connectivity index (χ3v) is 2.73. The normalized spacial score (nSPS) is 11.6. The quantitative estimate of drug-likeness (QED) is 0.516. The zero-order valence-electron chi connectivity index (χ0n) is 11.9. The third kappa shape index (κ3) is 3.79. The molecular weight excluding hydrogens is 268 g/mol. The van der Waals surface area contributed by atoms with Crippen LogP contribution in [0.15, 0.2) is 52.8 Å². The van der Waals surface area contributed by atoms with E-state index >= 15 is 0 Å². The van der Waals surface area contributed by atoms with Crippen molar-refractivity contribution in [1.29, 1.82) is 0 Å². The number of nitrogens with zero attached hydrogens (tertiary/aromatic N) is 3. The summed E-state index contributed by atoms with van der Waals surface area (Å²) in [4.78, 5) is 4.09. The molecule has 0 aliphatic carbocycles. The predicted molar refractivity (Wildman–Crippen MR) is 82.1 cm³/mol. The lowest BCUT2D eigenvalue weighted by molar-refractivity contribution is 0.394. The highest BCUT2D eigenvalue weighted by atomic mass is 16.5. The number of benzene rings is 1. The zero-order valence-corrected chi connectivity index (χ0v) is 11.9. The van der Waals surface area contributed by atoms with Gasteiger partial charge >= 0.3 is 0 Å². The maximum absolute atomic E-state index is 5.80. The van der Waals surface area contributed by atoms with Crippen molar-refractivity contribution < 1.29 is 9.47 Å². The largest absolute Gasteiger partial charge is 0.497 e. The van der Waals surface area contributed by atoms with Gasteiger partial charge in [0.25, 0.3) is 0 Å². The second-order valence-corrected chi connectivity index (χ2v) is 4.05. The van der Waals surface area contributed by atoms with E-state index < -0.39 is 0 Å². The lowest BCUT2D eigenvalue weighted by Gasteiger charge is -2.06. The summed E-state index contributed by atoms with van der Waals surface area (Å²) < 4.78 is 10.4. The molecule has 0 unspecified atom stereocenters. The van der Waals surface area contributed by atoms with Gasteiger partial charge in [-0.25, -0.2) is 0 Å². The highest BCUT2D eigenvalue weighted by Gasteiger charge is 2.02. The molecule has 0 bridgehead atoms. The molecule has 2 N–H and O–H groups in total. The minimum absolute atomic E-state index is 0.249. The molecule has 0 spiro atoms. The van der Waals surface area contributed by atoms with Gasteiger partial charge in [-0.2, -0.15) is 5.10 Å². The Labute approximate surface area is 122 Å². The summed E-state index contributed by atoms with van der Waals surface area (Å²) in [7, 11) is 3.18. The summed E-state index contributed by atoms with van der Waals surface area (Å²) in [6, 6.07) is 10.8. The molecular formula is C15H16N4O2. The molecule has 0 radical (unpaired) electrons. The third-order valence-electron chi connectivity index (χ3n) is 2.73. The average molecular weight is 284 g/mol. The van der Waals surface area contributed by atoms with Crippen LogP contribution in [-0.2, 0) is 0 Å². The van der Waals surface area contributed by atoms with Crippen molar-refractivity contribution in [3.05, 3.63) is 53.9 Å². The first-order valence-corrected chi connectivity index (χ1v) is 6.24. The molecule has 2 rings (SSSR count). The van der Waals surface area contributed by atoms with Crippen molar-refractivity contribution in [1.82, 2.24) is 4.98 Å². The van der Waals surface area contributed by atoms with Gasteiger partial charge in [0.15, 0.2) is 5.84 Å². The van der Waals surface area contributed by atoms with Crippen LogP contribution in [0.25, 0.3) is 0 Å². The van der Waals surface area contributed by atoms with Crippen molar-refractivity contribution in [2.45, 2.75) is 0 Å². The van der Waals surface area contributed by atoms with Crippen LogP contribution in [0.1, 0.15) is 11.3 Å². The number of nitrogens with two attached hydrogens (primary N) is 1. The van der Waals surface area contributed by atoms with E-state index in [0.717, 1.165) is 5.56 Å². The molecule has 0 aliphatic heterocycles. The smallest absolute Gasteiger partial charge is 0.171 e. The Morgan fingerprint density at radius 1 is 1.19 bits per heavy atom. The summed E-state index contributed by atoms with van der Waals surface area (Å²) in [6.45, 7) is 0. The van der Waals surface area contributed by atoms with Gasteiger partial charge in [0, 0.05) is 17.8 Å². The van der Waals surface area contributed by atoms with Gasteiger partial charge in [0.1, 0.15) is 17.2 Å². The molecule has 0 atom stereocenters. The summed E-state index contributed by atoms with van der Waals surface area (Å²) in [6.07, 6.45) is 3.21. The Hall–Kier alpha value is -2.89. The van der Waals surface area contributed by atoms with E-state index in [-0.39, 0.29) is 5.84 Å². The van der Waals surface area contributed by atoms with Gasteiger partial charge < -0.3 is 15.2 Å². The van der Waals surface area contributed by atoms with Crippen LogP contribution in [0.5, 0.6) is 11.5 Å². The first-order valence-electron chi connectivity index (χ1n) is 6.24. The number of hydrogen-bond acceptors (Lipinski definition) is 5. The first kappa shape index (κ1) is 14.5. The first-order chi connectivity index (χ1) is 10.2. The highest BCUT2D eigenvalue weighted by molar-refractivity contribution is 5.96. The van der Waals surface area contributed by atoms with Crippen LogP contribution in [0.2, 0.25) is 0 Å². The van der Waals surface area contributed by atoms with Crippen molar-refractivity contribution in [3.63, 3.8) is 0 Å². The molecule has 0 saturated carbocycles. The van der Waals surface area contributed by atoms with E-state index in [4.69, 9.17) is 15.2 Å². The Balaban J connectivity index is 2.18. The number of pyridine rings is 1. The summed E-state index contributed by atoms with van der Waals surface area (Å²) in [5, 5.41) is 7.88.